The van der Waals surface area contributed by atoms with E-state index in [-0.39, 0.29) is 28.9 Å². The Morgan fingerprint density at radius 2 is 1.88 bits per heavy atom. The molecule has 32 heavy (non-hydrogen) atoms. The van der Waals surface area contributed by atoms with Crippen LogP contribution in [0.5, 0.6) is 17.2 Å². The first-order valence-corrected chi connectivity index (χ1v) is 11.5. The molecule has 0 bridgehead atoms. The molecule has 2 aromatic rings. The highest BCUT2D eigenvalue weighted by atomic mass is 32.2. The van der Waals surface area contributed by atoms with Gasteiger partial charge in [0, 0.05) is 12.2 Å². The van der Waals surface area contributed by atoms with Gasteiger partial charge < -0.3 is 24.3 Å². The summed E-state index contributed by atoms with van der Waals surface area (Å²) in [6.07, 6.45) is 1.46. The number of thioether (sulfide) groups is 1. The summed E-state index contributed by atoms with van der Waals surface area (Å²) in [6.45, 7) is 4.65. The van der Waals surface area contributed by atoms with Crippen molar-refractivity contribution in [3.8, 4) is 17.2 Å². The number of anilines is 1. The molecule has 1 fully saturated rings. The van der Waals surface area contributed by atoms with E-state index < -0.39 is 5.25 Å². The normalized spacial score (nSPS) is 22.5. The van der Waals surface area contributed by atoms with Crippen LogP contribution in [0, 0.1) is 0 Å². The van der Waals surface area contributed by atoms with E-state index in [9.17, 15) is 9.59 Å². The molecule has 3 heterocycles. The SMILES string of the molecule is COc1ccc(C2SCC(=O)Nc3c2c(=O)[nH]n3C2CCOC(C)(C)C2)c(OC)c1OC. The Kier molecular flexibility index (Phi) is 6.17. The first-order chi connectivity index (χ1) is 15.3. The van der Waals surface area contributed by atoms with E-state index in [1.807, 2.05) is 24.6 Å². The molecule has 0 aliphatic carbocycles. The number of hydrogen-bond acceptors (Lipinski definition) is 7. The number of rotatable bonds is 5. The van der Waals surface area contributed by atoms with Crippen molar-refractivity contribution < 1.29 is 23.7 Å². The Balaban J connectivity index is 1.86. The smallest absolute Gasteiger partial charge is 0.270 e. The lowest BCUT2D eigenvalue weighted by atomic mass is 9.94. The van der Waals surface area contributed by atoms with Crippen LogP contribution in [-0.2, 0) is 9.53 Å². The minimum absolute atomic E-state index is 0.00606. The second kappa shape index (κ2) is 8.74. The summed E-state index contributed by atoms with van der Waals surface area (Å²) in [5.74, 6) is 2.00. The molecule has 0 spiro atoms. The van der Waals surface area contributed by atoms with Gasteiger partial charge in [-0.2, -0.15) is 0 Å². The zero-order valence-corrected chi connectivity index (χ0v) is 19.8. The zero-order chi connectivity index (χ0) is 23.0. The zero-order valence-electron chi connectivity index (χ0n) is 18.9. The van der Waals surface area contributed by atoms with Crippen molar-refractivity contribution in [1.82, 2.24) is 9.78 Å². The highest BCUT2D eigenvalue weighted by Gasteiger charge is 2.37. The molecule has 2 atom stereocenters. The lowest BCUT2D eigenvalue weighted by molar-refractivity contribution is -0.113. The molecule has 0 saturated carbocycles. The molecule has 174 valence electrons. The molecule has 1 amide bonds. The van der Waals surface area contributed by atoms with Crippen LogP contribution in [-0.4, -0.2) is 55.0 Å². The van der Waals surface area contributed by atoms with Gasteiger partial charge in [-0.05, 0) is 38.8 Å². The van der Waals surface area contributed by atoms with E-state index in [4.69, 9.17) is 18.9 Å². The molecule has 9 nitrogen and oxygen atoms in total. The summed E-state index contributed by atoms with van der Waals surface area (Å²) >= 11 is 1.38. The van der Waals surface area contributed by atoms with Crippen molar-refractivity contribution in [3.63, 3.8) is 0 Å². The van der Waals surface area contributed by atoms with Crippen molar-refractivity contribution in [2.24, 2.45) is 0 Å². The summed E-state index contributed by atoms with van der Waals surface area (Å²) < 4.78 is 24.3. The number of carbonyl (C=O) groups is 1. The van der Waals surface area contributed by atoms with Crippen LogP contribution < -0.4 is 25.1 Å². The lowest BCUT2D eigenvalue weighted by Gasteiger charge is -2.36. The number of fused-ring (bicyclic) bond motifs is 1. The molecule has 1 aromatic heterocycles. The molecule has 2 aliphatic rings. The van der Waals surface area contributed by atoms with Crippen LogP contribution in [0.4, 0.5) is 5.82 Å². The molecule has 0 radical (unpaired) electrons. The van der Waals surface area contributed by atoms with Gasteiger partial charge in [-0.25, -0.2) is 0 Å². The summed E-state index contributed by atoms with van der Waals surface area (Å²) in [6, 6.07) is 3.64. The first-order valence-electron chi connectivity index (χ1n) is 10.5. The van der Waals surface area contributed by atoms with Crippen molar-refractivity contribution in [2.45, 2.75) is 43.6 Å². The van der Waals surface area contributed by atoms with Gasteiger partial charge in [0.1, 0.15) is 5.82 Å². The molecular weight excluding hydrogens is 434 g/mol. The maximum Gasteiger partial charge on any atom is 0.270 e. The number of benzene rings is 1. The summed E-state index contributed by atoms with van der Waals surface area (Å²) in [5.41, 5.74) is 0.687. The minimum atomic E-state index is -0.434. The number of H-pyrrole nitrogens is 1. The molecule has 1 saturated heterocycles. The molecule has 10 heteroatoms. The van der Waals surface area contributed by atoms with E-state index in [0.717, 1.165) is 18.4 Å². The van der Waals surface area contributed by atoms with Crippen molar-refractivity contribution in [1.29, 1.82) is 0 Å². The van der Waals surface area contributed by atoms with Gasteiger partial charge in [0.2, 0.25) is 11.7 Å². The number of ether oxygens (including phenoxy) is 4. The van der Waals surface area contributed by atoms with Gasteiger partial charge in [0.25, 0.3) is 5.56 Å². The second-order valence-corrected chi connectivity index (χ2v) is 9.58. The number of nitrogens with zero attached hydrogens (tertiary/aromatic N) is 1. The van der Waals surface area contributed by atoms with E-state index in [2.05, 4.69) is 10.4 Å². The van der Waals surface area contributed by atoms with Crippen LogP contribution in [0.3, 0.4) is 0 Å². The van der Waals surface area contributed by atoms with E-state index in [1.165, 1.54) is 18.9 Å². The Morgan fingerprint density at radius 3 is 2.53 bits per heavy atom. The van der Waals surface area contributed by atoms with Gasteiger partial charge in [0.05, 0.1) is 49.5 Å². The highest BCUT2D eigenvalue weighted by molar-refractivity contribution is 8.00. The monoisotopic (exact) mass is 463 g/mol. The van der Waals surface area contributed by atoms with Gasteiger partial charge >= 0.3 is 0 Å². The number of amides is 1. The number of methoxy groups -OCH3 is 3. The van der Waals surface area contributed by atoms with Crippen molar-refractivity contribution in [3.05, 3.63) is 33.6 Å². The van der Waals surface area contributed by atoms with Gasteiger partial charge in [-0.15, -0.1) is 11.8 Å². The standard InChI is InChI=1S/C22H29N3O6S/c1-22(2)10-12(8-9-31-22)25-20-16(21(27)24-25)19(32-11-15(26)23-20)13-6-7-14(28-3)18(30-5)17(13)29-4/h6-7,12,19H,8-11H2,1-5H3,(H,23,26)(H,24,27). The Morgan fingerprint density at radius 1 is 1.12 bits per heavy atom. The minimum Gasteiger partial charge on any atom is -0.493 e. The largest absolute Gasteiger partial charge is 0.493 e. The molecule has 1 aromatic carbocycles. The maximum atomic E-state index is 13.2. The quantitative estimate of drug-likeness (QED) is 0.702. The van der Waals surface area contributed by atoms with Crippen LogP contribution in [0.1, 0.15) is 49.1 Å². The summed E-state index contributed by atoms with van der Waals surface area (Å²) in [5, 5.41) is 5.51. The Hall–Kier alpha value is -2.59. The summed E-state index contributed by atoms with van der Waals surface area (Å²) in [4.78, 5) is 25.9. The molecule has 2 unspecified atom stereocenters. The van der Waals surface area contributed by atoms with Crippen LogP contribution in [0.2, 0.25) is 0 Å². The summed E-state index contributed by atoms with van der Waals surface area (Å²) in [7, 11) is 4.64. The number of aromatic amines is 1. The fourth-order valence-corrected chi connectivity index (χ4v) is 5.65. The molecule has 2 N–H and O–H groups in total. The van der Waals surface area contributed by atoms with E-state index in [0.29, 0.717) is 35.2 Å². The average Bonchev–Trinajstić information content (AvgIpc) is 2.97. The predicted octanol–water partition coefficient (Wildman–Crippen LogP) is 3.11. The van der Waals surface area contributed by atoms with E-state index in [1.54, 1.807) is 20.3 Å². The topological polar surface area (TPSA) is 104 Å². The molecule has 4 rings (SSSR count). The predicted molar refractivity (Wildman–Crippen MR) is 122 cm³/mol. The van der Waals surface area contributed by atoms with E-state index >= 15 is 0 Å². The van der Waals surface area contributed by atoms with Gasteiger partial charge in [-0.1, -0.05) is 0 Å². The second-order valence-electron chi connectivity index (χ2n) is 8.49. The van der Waals surface area contributed by atoms with Crippen LogP contribution in [0.25, 0.3) is 0 Å². The molecule has 2 aliphatic heterocycles. The van der Waals surface area contributed by atoms with Gasteiger partial charge in [0.15, 0.2) is 11.5 Å². The lowest BCUT2D eigenvalue weighted by Crippen LogP contribution is -2.36. The maximum absolute atomic E-state index is 13.2. The third kappa shape index (κ3) is 3.97. The fourth-order valence-electron chi connectivity index (χ4n) is 4.51. The third-order valence-corrected chi connectivity index (χ3v) is 7.17. The van der Waals surface area contributed by atoms with Crippen molar-refractivity contribution >= 4 is 23.5 Å². The average molecular weight is 464 g/mol. The van der Waals surface area contributed by atoms with Crippen LogP contribution in [0.15, 0.2) is 16.9 Å². The van der Waals surface area contributed by atoms with Crippen molar-refractivity contribution in [2.75, 3.05) is 39.0 Å². The Bertz CT molecular complexity index is 1080. The third-order valence-electron chi connectivity index (χ3n) is 5.92. The van der Waals surface area contributed by atoms with Gasteiger partial charge in [-0.3, -0.25) is 19.4 Å². The van der Waals surface area contributed by atoms with Crippen LogP contribution >= 0.6 is 11.8 Å². The fraction of sp³-hybridized carbons (Fsp3) is 0.545. The number of aromatic nitrogens is 2. The number of nitrogens with one attached hydrogen (secondary N) is 2. The molecular formula is C22H29N3O6S. The number of carbonyl (C=O) groups excluding carboxylic acids is 1. The first kappa shape index (κ1) is 22.6. The highest BCUT2D eigenvalue weighted by Crippen LogP contribution is 2.49. The number of hydrogen-bond donors (Lipinski definition) is 2. The Labute approximate surface area is 190 Å².